The number of nitrogens with zero attached hydrogens (tertiary/aromatic N) is 1. The molecule has 0 bridgehead atoms. The Morgan fingerprint density at radius 3 is 2.29 bits per heavy atom. The fraction of sp³-hybridized carbons (Fsp3) is 0.200. The zero-order valence-corrected chi connectivity index (χ0v) is 13.4. The second-order valence-electron chi connectivity index (χ2n) is 5.14. The van der Waals surface area contributed by atoms with Gasteiger partial charge in [-0.15, -0.1) is 0 Å². The van der Waals surface area contributed by atoms with Crippen LogP contribution in [0.5, 0.6) is 5.75 Å². The topological polar surface area (TPSA) is 59.3 Å². The molecule has 2 aromatic carbocycles. The van der Waals surface area contributed by atoms with Crippen molar-refractivity contribution in [1.82, 2.24) is 0 Å². The van der Waals surface area contributed by atoms with E-state index in [0.29, 0.717) is 25.0 Å². The smallest absolute Gasteiger partial charge is 0.306 e. The van der Waals surface area contributed by atoms with Crippen LogP contribution in [0.15, 0.2) is 61.2 Å². The van der Waals surface area contributed by atoms with Crippen LogP contribution < -0.4 is 4.74 Å². The van der Waals surface area contributed by atoms with Gasteiger partial charge in [0.15, 0.2) is 0 Å². The van der Waals surface area contributed by atoms with Gasteiger partial charge in [-0.25, -0.2) is 0 Å². The maximum atomic E-state index is 11.3. The number of esters is 1. The fourth-order valence-electron chi connectivity index (χ4n) is 2.11. The number of carbonyl (C=O) groups is 1. The fourth-order valence-corrected chi connectivity index (χ4v) is 2.11. The highest BCUT2D eigenvalue weighted by molar-refractivity contribution is 5.69. The van der Waals surface area contributed by atoms with Gasteiger partial charge in [-0.1, -0.05) is 36.9 Å². The molecular weight excluding hydrogens is 302 g/mol. The Balaban J connectivity index is 1.80. The third-order valence-corrected chi connectivity index (χ3v) is 3.36. The van der Waals surface area contributed by atoms with Crippen molar-refractivity contribution >= 4 is 5.97 Å². The number of benzene rings is 2. The highest BCUT2D eigenvalue weighted by atomic mass is 16.5. The molecule has 0 radical (unpaired) electrons. The third kappa shape index (κ3) is 5.29. The predicted molar refractivity (Wildman–Crippen MR) is 92.5 cm³/mol. The van der Waals surface area contributed by atoms with Crippen LogP contribution in [0.1, 0.15) is 18.4 Å². The molecule has 0 N–H and O–H groups in total. The van der Waals surface area contributed by atoms with Crippen LogP contribution in [0, 0.1) is 11.3 Å². The molecule has 0 atom stereocenters. The molecule has 122 valence electrons. The van der Waals surface area contributed by atoms with Gasteiger partial charge in [0.25, 0.3) is 0 Å². The first-order valence-corrected chi connectivity index (χ1v) is 7.73. The largest absolute Gasteiger partial charge is 0.494 e. The van der Waals surface area contributed by atoms with Crippen molar-refractivity contribution in [2.24, 2.45) is 0 Å². The van der Waals surface area contributed by atoms with E-state index in [9.17, 15) is 4.79 Å². The van der Waals surface area contributed by atoms with Gasteiger partial charge in [-0.05, 0) is 41.8 Å². The lowest BCUT2D eigenvalue weighted by molar-refractivity contribution is -0.142. The van der Waals surface area contributed by atoms with Crippen molar-refractivity contribution in [1.29, 1.82) is 5.26 Å². The Hall–Kier alpha value is -3.06. The van der Waals surface area contributed by atoms with E-state index in [2.05, 4.69) is 12.6 Å². The summed E-state index contributed by atoms with van der Waals surface area (Å²) < 4.78 is 10.5. The first-order chi connectivity index (χ1) is 11.7. The van der Waals surface area contributed by atoms with Crippen molar-refractivity contribution in [3.63, 3.8) is 0 Å². The summed E-state index contributed by atoms with van der Waals surface area (Å²) in [5, 5.41) is 8.82. The van der Waals surface area contributed by atoms with E-state index in [1.54, 1.807) is 18.2 Å². The Morgan fingerprint density at radius 1 is 1.08 bits per heavy atom. The van der Waals surface area contributed by atoms with Crippen LogP contribution in [0.3, 0.4) is 0 Å². The van der Waals surface area contributed by atoms with Crippen LogP contribution in [0.4, 0.5) is 0 Å². The van der Waals surface area contributed by atoms with Crippen molar-refractivity contribution in [3.05, 3.63) is 66.7 Å². The molecule has 2 rings (SSSR count). The lowest BCUT2D eigenvalue weighted by atomic mass is 10.0. The molecule has 0 aliphatic heterocycles. The molecular formula is C20H19NO3. The predicted octanol–water partition coefficient (Wildman–Crippen LogP) is 4.11. The molecule has 4 nitrogen and oxygen atoms in total. The molecule has 2 aromatic rings. The van der Waals surface area contributed by atoms with Gasteiger partial charge in [0.2, 0.25) is 0 Å². The minimum Gasteiger partial charge on any atom is -0.494 e. The summed E-state index contributed by atoms with van der Waals surface area (Å²) in [7, 11) is 0. The molecule has 0 amide bonds. The minimum absolute atomic E-state index is 0.241. The Morgan fingerprint density at radius 2 is 1.71 bits per heavy atom. The van der Waals surface area contributed by atoms with E-state index in [4.69, 9.17) is 14.7 Å². The summed E-state index contributed by atoms with van der Waals surface area (Å²) in [6.45, 7) is 4.19. The van der Waals surface area contributed by atoms with Gasteiger partial charge >= 0.3 is 5.97 Å². The summed E-state index contributed by atoms with van der Waals surface area (Å²) in [6, 6.07) is 17.3. The number of hydrogen-bond donors (Lipinski definition) is 0. The lowest BCUT2D eigenvalue weighted by Gasteiger charge is -2.07. The monoisotopic (exact) mass is 321 g/mol. The Kier molecular flexibility index (Phi) is 6.60. The summed E-state index contributed by atoms with van der Waals surface area (Å²) in [5.41, 5.74) is 2.75. The highest BCUT2D eigenvalue weighted by Gasteiger charge is 2.03. The SMILES string of the molecule is C=CCOC(=O)CCCOc1ccc(-c2ccc(C#N)cc2)cc1. The van der Waals surface area contributed by atoms with Crippen LogP contribution >= 0.6 is 0 Å². The number of carbonyl (C=O) groups excluding carboxylic acids is 1. The zero-order chi connectivity index (χ0) is 17.2. The molecule has 0 aliphatic rings. The van der Waals surface area contributed by atoms with Crippen molar-refractivity contribution in [3.8, 4) is 22.9 Å². The van der Waals surface area contributed by atoms with Gasteiger partial charge in [-0.3, -0.25) is 4.79 Å². The second kappa shape index (κ2) is 9.16. The Bertz CT molecular complexity index is 712. The normalized spacial score (nSPS) is 9.79. The molecule has 0 spiro atoms. The zero-order valence-electron chi connectivity index (χ0n) is 13.4. The van der Waals surface area contributed by atoms with Gasteiger partial charge in [0, 0.05) is 6.42 Å². The van der Waals surface area contributed by atoms with Crippen molar-refractivity contribution in [2.45, 2.75) is 12.8 Å². The second-order valence-corrected chi connectivity index (χ2v) is 5.14. The lowest BCUT2D eigenvalue weighted by Crippen LogP contribution is -2.07. The van der Waals surface area contributed by atoms with Crippen molar-refractivity contribution in [2.75, 3.05) is 13.2 Å². The van der Waals surface area contributed by atoms with E-state index in [0.717, 1.165) is 16.9 Å². The minimum atomic E-state index is -0.241. The van der Waals surface area contributed by atoms with E-state index in [1.165, 1.54) is 0 Å². The molecule has 0 unspecified atom stereocenters. The number of ether oxygens (including phenoxy) is 2. The standard InChI is InChI=1S/C20H19NO3/c1-2-13-24-20(22)4-3-14-23-19-11-9-18(10-12-19)17-7-5-16(15-21)6-8-17/h2,5-12H,1,3-4,13-14H2. The molecule has 0 aliphatic carbocycles. The molecule has 0 saturated carbocycles. The van der Waals surface area contributed by atoms with Crippen LogP contribution in [0.2, 0.25) is 0 Å². The molecule has 4 heteroatoms. The van der Waals surface area contributed by atoms with Crippen molar-refractivity contribution < 1.29 is 14.3 Å². The average molecular weight is 321 g/mol. The number of rotatable bonds is 8. The van der Waals surface area contributed by atoms with E-state index in [1.807, 2.05) is 36.4 Å². The van der Waals surface area contributed by atoms with Crippen LogP contribution in [0.25, 0.3) is 11.1 Å². The maximum absolute atomic E-state index is 11.3. The molecule has 0 heterocycles. The molecule has 0 saturated heterocycles. The summed E-state index contributed by atoms with van der Waals surface area (Å²) in [5.74, 6) is 0.515. The average Bonchev–Trinajstić information content (AvgIpc) is 2.64. The van der Waals surface area contributed by atoms with Gasteiger partial charge in [-0.2, -0.15) is 5.26 Å². The van der Waals surface area contributed by atoms with E-state index < -0.39 is 0 Å². The third-order valence-electron chi connectivity index (χ3n) is 3.36. The van der Waals surface area contributed by atoms with Gasteiger partial charge < -0.3 is 9.47 Å². The van der Waals surface area contributed by atoms with Gasteiger partial charge in [0.05, 0.1) is 18.2 Å². The van der Waals surface area contributed by atoms with E-state index in [-0.39, 0.29) is 12.6 Å². The maximum Gasteiger partial charge on any atom is 0.306 e. The summed E-state index contributed by atoms with van der Waals surface area (Å²) >= 11 is 0. The quantitative estimate of drug-likeness (QED) is 0.417. The summed E-state index contributed by atoms with van der Waals surface area (Å²) in [6.07, 6.45) is 2.48. The Labute approximate surface area is 141 Å². The number of hydrogen-bond acceptors (Lipinski definition) is 4. The van der Waals surface area contributed by atoms with Gasteiger partial charge in [0.1, 0.15) is 12.4 Å². The first-order valence-electron chi connectivity index (χ1n) is 7.73. The summed E-state index contributed by atoms with van der Waals surface area (Å²) in [4.78, 5) is 11.3. The molecule has 0 fully saturated rings. The molecule has 0 aromatic heterocycles. The first kappa shape index (κ1) is 17.3. The molecule has 24 heavy (non-hydrogen) atoms. The van der Waals surface area contributed by atoms with Crippen LogP contribution in [-0.4, -0.2) is 19.2 Å². The van der Waals surface area contributed by atoms with E-state index >= 15 is 0 Å². The highest BCUT2D eigenvalue weighted by Crippen LogP contribution is 2.22. The number of nitriles is 1. The van der Waals surface area contributed by atoms with Crippen LogP contribution in [-0.2, 0) is 9.53 Å².